The largest absolute Gasteiger partial charge is 0.543 e. The Morgan fingerprint density at radius 3 is 2.33 bits per heavy atom. The number of amides is 1. The molecule has 10 heteroatoms. The van der Waals surface area contributed by atoms with Gasteiger partial charge in [-0.05, 0) is 54.0 Å². The van der Waals surface area contributed by atoms with Gasteiger partial charge in [0.25, 0.3) is 8.32 Å². The van der Waals surface area contributed by atoms with Crippen LogP contribution in [0, 0.1) is 11.3 Å². The van der Waals surface area contributed by atoms with E-state index in [1.807, 2.05) is 35.7 Å². The fourth-order valence-corrected chi connectivity index (χ4v) is 4.24. The van der Waals surface area contributed by atoms with Crippen molar-refractivity contribution in [1.82, 2.24) is 4.98 Å². The zero-order valence-corrected chi connectivity index (χ0v) is 21.6. The zero-order chi connectivity index (χ0) is 26.9. The molecule has 0 saturated carbocycles. The summed E-state index contributed by atoms with van der Waals surface area (Å²) >= 11 is 0. The second-order valence-electron chi connectivity index (χ2n) is 9.82. The maximum absolute atomic E-state index is 12.7. The zero-order valence-electron chi connectivity index (χ0n) is 20.6. The number of alkyl halides is 3. The van der Waals surface area contributed by atoms with Crippen LogP contribution in [0.3, 0.4) is 0 Å². The van der Waals surface area contributed by atoms with Crippen LogP contribution in [-0.4, -0.2) is 25.4 Å². The predicted octanol–water partition coefficient (Wildman–Crippen LogP) is 6.75. The number of para-hydroxylation sites is 1. The molecule has 0 unspecified atom stereocenters. The first-order valence-corrected chi connectivity index (χ1v) is 14.0. The molecular formula is C26H27F3N4O2Si. The molecular weight excluding hydrogens is 485 g/mol. The Morgan fingerprint density at radius 1 is 1.06 bits per heavy atom. The molecule has 0 aliphatic rings. The molecule has 0 aliphatic heterocycles. The maximum atomic E-state index is 12.7. The van der Waals surface area contributed by atoms with Gasteiger partial charge in [-0.1, -0.05) is 45.0 Å². The van der Waals surface area contributed by atoms with Crippen molar-refractivity contribution in [3.63, 3.8) is 0 Å². The van der Waals surface area contributed by atoms with Gasteiger partial charge in [0, 0.05) is 16.8 Å². The minimum atomic E-state index is -5.03. The van der Waals surface area contributed by atoms with Crippen LogP contribution in [-0.2, 0) is 4.79 Å². The maximum Gasteiger partial charge on any atom is 0.471 e. The minimum absolute atomic E-state index is 0.0307. The van der Waals surface area contributed by atoms with Gasteiger partial charge in [0.05, 0.1) is 5.69 Å². The van der Waals surface area contributed by atoms with E-state index in [4.69, 9.17) is 10.2 Å². The number of nitrogens with two attached hydrogens (primary N) is 1. The van der Waals surface area contributed by atoms with Crippen LogP contribution in [0.4, 0.5) is 24.7 Å². The van der Waals surface area contributed by atoms with Crippen LogP contribution in [0.15, 0.2) is 54.6 Å². The number of pyridine rings is 1. The number of carbonyl (C=O) groups is 1. The highest BCUT2D eigenvalue weighted by atomic mass is 28.4. The molecule has 0 fully saturated rings. The number of benzene rings is 2. The lowest BCUT2D eigenvalue weighted by Gasteiger charge is -2.37. The SMILES string of the molecule is CC(C)(C)[Si](C)(C)Oc1ccccc1-c1cc(-c2cccc(NC(=O)C(F)(F)F)c2)c(C#N)c(N)n1. The van der Waals surface area contributed by atoms with E-state index < -0.39 is 20.4 Å². The summed E-state index contributed by atoms with van der Waals surface area (Å²) in [6.45, 7) is 10.6. The molecule has 1 heterocycles. The number of nitrogens with zero attached hydrogens (tertiary/aromatic N) is 2. The van der Waals surface area contributed by atoms with Crippen molar-refractivity contribution >= 4 is 25.7 Å². The van der Waals surface area contributed by atoms with Crippen molar-refractivity contribution in [2.75, 3.05) is 11.1 Å². The normalized spacial score (nSPS) is 12.1. The van der Waals surface area contributed by atoms with E-state index in [1.165, 1.54) is 18.2 Å². The third-order valence-electron chi connectivity index (χ3n) is 6.18. The molecule has 0 spiro atoms. The Kier molecular flexibility index (Phi) is 7.18. The average Bonchev–Trinajstić information content (AvgIpc) is 2.77. The number of rotatable bonds is 5. The lowest BCUT2D eigenvalue weighted by atomic mass is 9.98. The first-order valence-electron chi connectivity index (χ1n) is 11.1. The van der Waals surface area contributed by atoms with Gasteiger partial charge in [-0.25, -0.2) is 4.98 Å². The Hall–Kier alpha value is -3.84. The molecule has 6 nitrogen and oxygen atoms in total. The third kappa shape index (κ3) is 5.68. The van der Waals surface area contributed by atoms with E-state index in [0.29, 0.717) is 28.1 Å². The van der Waals surface area contributed by atoms with Crippen LogP contribution in [0.1, 0.15) is 26.3 Å². The van der Waals surface area contributed by atoms with Gasteiger partial charge in [-0.15, -0.1) is 0 Å². The van der Waals surface area contributed by atoms with Crippen LogP contribution in [0.25, 0.3) is 22.4 Å². The Morgan fingerprint density at radius 2 is 1.72 bits per heavy atom. The van der Waals surface area contributed by atoms with E-state index in [0.717, 1.165) is 0 Å². The summed E-state index contributed by atoms with van der Waals surface area (Å²) < 4.78 is 44.7. The summed E-state index contributed by atoms with van der Waals surface area (Å²) in [5.74, 6) is -1.50. The number of hydrogen-bond donors (Lipinski definition) is 2. The highest BCUT2D eigenvalue weighted by Gasteiger charge is 2.40. The van der Waals surface area contributed by atoms with Gasteiger partial charge in [-0.3, -0.25) is 4.79 Å². The molecule has 0 bridgehead atoms. The van der Waals surface area contributed by atoms with E-state index in [2.05, 4.69) is 38.8 Å². The molecule has 3 N–H and O–H groups in total. The molecule has 188 valence electrons. The molecule has 0 aliphatic carbocycles. The smallest absolute Gasteiger partial charge is 0.471 e. The number of aromatic nitrogens is 1. The molecule has 0 atom stereocenters. The summed E-state index contributed by atoms with van der Waals surface area (Å²) in [6.07, 6.45) is -5.03. The Labute approximate surface area is 209 Å². The summed E-state index contributed by atoms with van der Waals surface area (Å²) in [7, 11) is -2.20. The third-order valence-corrected chi connectivity index (χ3v) is 10.5. The first-order chi connectivity index (χ1) is 16.6. The fourth-order valence-electron chi connectivity index (χ4n) is 3.21. The molecule has 1 amide bonds. The fraction of sp³-hybridized carbons (Fsp3) is 0.269. The lowest BCUT2D eigenvalue weighted by Crippen LogP contribution is -2.44. The van der Waals surface area contributed by atoms with E-state index in [1.54, 1.807) is 12.1 Å². The monoisotopic (exact) mass is 512 g/mol. The van der Waals surface area contributed by atoms with E-state index in [-0.39, 0.29) is 22.1 Å². The van der Waals surface area contributed by atoms with Crippen molar-refractivity contribution in [1.29, 1.82) is 5.26 Å². The van der Waals surface area contributed by atoms with Gasteiger partial charge in [0.1, 0.15) is 23.2 Å². The quantitative estimate of drug-likeness (QED) is 0.368. The molecule has 36 heavy (non-hydrogen) atoms. The number of nitrogens with one attached hydrogen (secondary N) is 1. The topological polar surface area (TPSA) is 101 Å². The van der Waals surface area contributed by atoms with Gasteiger partial charge >= 0.3 is 12.1 Å². The second kappa shape index (κ2) is 9.66. The van der Waals surface area contributed by atoms with Crippen molar-refractivity contribution in [2.24, 2.45) is 0 Å². The predicted molar refractivity (Wildman–Crippen MR) is 137 cm³/mol. The Bertz CT molecular complexity index is 1340. The number of hydrogen-bond acceptors (Lipinski definition) is 5. The highest BCUT2D eigenvalue weighted by molar-refractivity contribution is 6.74. The molecule has 3 aromatic rings. The Balaban J connectivity index is 2.12. The van der Waals surface area contributed by atoms with Crippen LogP contribution >= 0.6 is 0 Å². The van der Waals surface area contributed by atoms with Crippen molar-refractivity contribution in [3.05, 3.63) is 60.2 Å². The first kappa shape index (κ1) is 26.8. The summed E-state index contributed by atoms with van der Waals surface area (Å²) in [5, 5.41) is 11.5. The molecule has 0 saturated heterocycles. The van der Waals surface area contributed by atoms with Crippen LogP contribution < -0.4 is 15.5 Å². The van der Waals surface area contributed by atoms with E-state index in [9.17, 15) is 23.2 Å². The highest BCUT2D eigenvalue weighted by Crippen LogP contribution is 2.41. The summed E-state index contributed by atoms with van der Waals surface area (Å²) in [5.41, 5.74) is 8.02. The number of nitrogen functional groups attached to an aromatic ring is 1. The van der Waals surface area contributed by atoms with Gasteiger partial charge in [-0.2, -0.15) is 18.4 Å². The number of halogens is 3. The summed E-state index contributed by atoms with van der Waals surface area (Å²) in [4.78, 5) is 15.8. The molecule has 3 rings (SSSR count). The van der Waals surface area contributed by atoms with Crippen molar-refractivity contribution in [2.45, 2.75) is 45.1 Å². The lowest BCUT2D eigenvalue weighted by molar-refractivity contribution is -0.167. The number of carbonyl (C=O) groups excluding carboxylic acids is 1. The molecule has 0 radical (unpaired) electrons. The summed E-state index contributed by atoms with van der Waals surface area (Å²) in [6, 6.07) is 16.8. The molecule has 1 aromatic heterocycles. The number of anilines is 2. The average molecular weight is 513 g/mol. The van der Waals surface area contributed by atoms with Crippen molar-refractivity contribution < 1.29 is 22.4 Å². The van der Waals surface area contributed by atoms with Crippen LogP contribution in [0.2, 0.25) is 18.1 Å². The minimum Gasteiger partial charge on any atom is -0.543 e. The van der Waals surface area contributed by atoms with Gasteiger partial charge in [0.15, 0.2) is 0 Å². The van der Waals surface area contributed by atoms with E-state index >= 15 is 0 Å². The van der Waals surface area contributed by atoms with Crippen molar-refractivity contribution in [3.8, 4) is 34.2 Å². The standard InChI is InChI=1S/C26H27F3N4O2Si/c1-25(2,3)36(4,5)35-22-12-7-6-11-18(22)21-14-19(20(15-30)23(31)33-21)16-9-8-10-17(13-16)32-24(34)26(27,28)29/h6-14H,1-5H3,(H2,31,33)(H,32,34). The van der Waals surface area contributed by atoms with Crippen LogP contribution in [0.5, 0.6) is 5.75 Å². The number of nitriles is 1. The van der Waals surface area contributed by atoms with Gasteiger partial charge in [0.2, 0.25) is 0 Å². The van der Waals surface area contributed by atoms with Gasteiger partial charge < -0.3 is 15.5 Å². The molecule has 2 aromatic carbocycles. The second-order valence-corrected chi connectivity index (χ2v) is 14.5.